The predicted molar refractivity (Wildman–Crippen MR) is 79.3 cm³/mol. The van der Waals surface area contributed by atoms with Gasteiger partial charge in [0.1, 0.15) is 11.6 Å². The molecule has 6 heteroatoms. The molecule has 0 bridgehead atoms. The maximum Gasteiger partial charge on any atom is 0.196 e. The van der Waals surface area contributed by atoms with Crippen molar-refractivity contribution < 1.29 is 13.6 Å². The van der Waals surface area contributed by atoms with Gasteiger partial charge >= 0.3 is 0 Å². The van der Waals surface area contributed by atoms with E-state index < -0.39 is 17.4 Å². The molecule has 0 heterocycles. The molecular weight excluding hydrogens is 450 g/mol. The van der Waals surface area contributed by atoms with Crippen LogP contribution in [0.25, 0.3) is 0 Å². The van der Waals surface area contributed by atoms with Gasteiger partial charge in [-0.2, -0.15) is 0 Å². The summed E-state index contributed by atoms with van der Waals surface area (Å²) in [6.45, 7) is 0. The normalized spacial score (nSPS) is 10.6. The fraction of sp³-hybridized carbons (Fsp3) is 0. The molecule has 0 N–H and O–H groups in total. The summed E-state index contributed by atoms with van der Waals surface area (Å²) in [5.41, 5.74) is -0.0347. The zero-order chi connectivity index (χ0) is 14.2. The molecule has 0 atom stereocenters. The lowest BCUT2D eigenvalue weighted by molar-refractivity contribution is 0.103. The first-order valence-electron chi connectivity index (χ1n) is 5.04. The van der Waals surface area contributed by atoms with Crippen LogP contribution in [0.4, 0.5) is 8.78 Å². The number of benzene rings is 2. The number of hydrogen-bond acceptors (Lipinski definition) is 1. The van der Waals surface area contributed by atoms with Gasteiger partial charge in [-0.3, -0.25) is 4.79 Å². The summed E-state index contributed by atoms with van der Waals surface area (Å²) in [5, 5.41) is 0. The second kappa shape index (κ2) is 5.81. The number of ketones is 1. The standard InChI is InChI=1S/C13H5Br3F2O/c14-7-1-6(2-8(15)3-7)13(19)9-4-12(18)10(16)5-11(9)17/h1-5H. The molecule has 19 heavy (non-hydrogen) atoms. The Morgan fingerprint density at radius 2 is 1.42 bits per heavy atom. The van der Waals surface area contributed by atoms with Crippen LogP contribution in [0.15, 0.2) is 43.7 Å². The average Bonchev–Trinajstić information content (AvgIpc) is 2.31. The Labute approximate surface area is 133 Å². The summed E-state index contributed by atoms with van der Waals surface area (Å²) in [7, 11) is 0. The monoisotopic (exact) mass is 452 g/mol. The van der Waals surface area contributed by atoms with Crippen LogP contribution in [0.2, 0.25) is 0 Å². The second-order valence-corrected chi connectivity index (χ2v) is 6.42. The molecule has 0 aliphatic rings. The molecule has 1 nitrogen and oxygen atoms in total. The highest BCUT2D eigenvalue weighted by molar-refractivity contribution is 9.11. The third-order valence-electron chi connectivity index (χ3n) is 2.38. The summed E-state index contributed by atoms with van der Waals surface area (Å²) in [4.78, 5) is 12.2. The fourth-order valence-electron chi connectivity index (χ4n) is 1.54. The Kier molecular flexibility index (Phi) is 4.53. The number of carbonyl (C=O) groups excluding carboxylic acids is 1. The Balaban J connectivity index is 2.53. The average molecular weight is 455 g/mol. The van der Waals surface area contributed by atoms with Crippen LogP contribution in [-0.4, -0.2) is 5.78 Å². The molecule has 2 aromatic carbocycles. The van der Waals surface area contributed by atoms with E-state index in [9.17, 15) is 13.6 Å². The third-order valence-corrected chi connectivity index (χ3v) is 3.90. The predicted octanol–water partition coefficient (Wildman–Crippen LogP) is 5.48. The van der Waals surface area contributed by atoms with Crippen LogP contribution in [-0.2, 0) is 0 Å². The van der Waals surface area contributed by atoms with Crippen LogP contribution in [0.3, 0.4) is 0 Å². The maximum absolute atomic E-state index is 13.7. The van der Waals surface area contributed by atoms with Gasteiger partial charge in [-0.15, -0.1) is 0 Å². The molecule has 0 unspecified atom stereocenters. The highest BCUT2D eigenvalue weighted by atomic mass is 79.9. The van der Waals surface area contributed by atoms with E-state index in [2.05, 4.69) is 47.8 Å². The zero-order valence-electron chi connectivity index (χ0n) is 9.18. The number of rotatable bonds is 2. The first kappa shape index (κ1) is 14.8. The highest BCUT2D eigenvalue weighted by Crippen LogP contribution is 2.25. The Bertz CT molecular complexity index is 651. The molecule has 0 aliphatic heterocycles. The molecule has 0 aromatic heterocycles. The van der Waals surface area contributed by atoms with Gasteiger partial charge in [0.05, 0.1) is 10.0 Å². The molecule has 0 amide bonds. The smallest absolute Gasteiger partial charge is 0.196 e. The van der Waals surface area contributed by atoms with Crippen LogP contribution in [0.1, 0.15) is 15.9 Å². The third kappa shape index (κ3) is 3.30. The van der Waals surface area contributed by atoms with Crippen LogP contribution in [0.5, 0.6) is 0 Å². The van der Waals surface area contributed by atoms with Gasteiger partial charge in [-0.25, -0.2) is 8.78 Å². The quantitative estimate of drug-likeness (QED) is 0.433. The highest BCUT2D eigenvalue weighted by Gasteiger charge is 2.17. The summed E-state index contributed by atoms with van der Waals surface area (Å²) in [6.07, 6.45) is 0. The van der Waals surface area contributed by atoms with Crippen molar-refractivity contribution in [2.75, 3.05) is 0 Å². The van der Waals surface area contributed by atoms with E-state index in [1.54, 1.807) is 18.2 Å². The topological polar surface area (TPSA) is 17.1 Å². The second-order valence-electron chi connectivity index (χ2n) is 3.73. The molecule has 2 rings (SSSR count). The molecular formula is C13H5Br3F2O. The van der Waals surface area contributed by atoms with Crippen molar-refractivity contribution in [2.24, 2.45) is 0 Å². The van der Waals surface area contributed by atoms with Gasteiger partial charge in [-0.05, 0) is 46.3 Å². The minimum absolute atomic E-state index is 0.0167. The molecule has 0 aliphatic carbocycles. The van der Waals surface area contributed by atoms with E-state index in [0.717, 1.165) is 12.1 Å². The lowest BCUT2D eigenvalue weighted by Crippen LogP contribution is -2.05. The fourth-order valence-corrected chi connectivity index (χ4v) is 3.15. The van der Waals surface area contributed by atoms with Crippen molar-refractivity contribution >= 4 is 53.6 Å². The number of halogens is 5. The molecule has 0 radical (unpaired) electrons. The van der Waals surface area contributed by atoms with E-state index in [-0.39, 0.29) is 15.6 Å². The number of hydrogen-bond donors (Lipinski definition) is 0. The van der Waals surface area contributed by atoms with Crippen molar-refractivity contribution in [3.63, 3.8) is 0 Å². The van der Waals surface area contributed by atoms with Gasteiger partial charge in [0.2, 0.25) is 0 Å². The van der Waals surface area contributed by atoms with Gasteiger partial charge in [0.25, 0.3) is 0 Å². The summed E-state index contributed by atoms with van der Waals surface area (Å²) < 4.78 is 28.5. The largest absolute Gasteiger partial charge is 0.288 e. The lowest BCUT2D eigenvalue weighted by Gasteiger charge is -2.06. The molecule has 98 valence electrons. The molecule has 0 saturated heterocycles. The van der Waals surface area contributed by atoms with Crippen LogP contribution < -0.4 is 0 Å². The Morgan fingerprint density at radius 3 is 2.00 bits per heavy atom. The maximum atomic E-state index is 13.7. The van der Waals surface area contributed by atoms with Crippen LogP contribution >= 0.6 is 47.8 Å². The van der Waals surface area contributed by atoms with Gasteiger partial charge in [0.15, 0.2) is 5.78 Å². The van der Waals surface area contributed by atoms with Crippen LogP contribution in [0, 0.1) is 11.6 Å². The Hall–Kier alpha value is -0.590. The van der Waals surface area contributed by atoms with Gasteiger partial charge in [-0.1, -0.05) is 31.9 Å². The SMILES string of the molecule is O=C(c1cc(Br)cc(Br)c1)c1cc(F)c(Br)cc1F. The van der Waals surface area contributed by atoms with E-state index in [0.29, 0.717) is 8.95 Å². The molecule has 0 saturated carbocycles. The van der Waals surface area contributed by atoms with E-state index in [1.165, 1.54) is 0 Å². The molecule has 0 spiro atoms. The van der Waals surface area contributed by atoms with Crippen molar-refractivity contribution in [2.45, 2.75) is 0 Å². The summed E-state index contributed by atoms with van der Waals surface area (Å²) in [5.74, 6) is -2.03. The molecule has 2 aromatic rings. The van der Waals surface area contributed by atoms with E-state index in [1.807, 2.05) is 0 Å². The van der Waals surface area contributed by atoms with Crippen molar-refractivity contribution in [1.82, 2.24) is 0 Å². The van der Waals surface area contributed by atoms with Gasteiger partial charge < -0.3 is 0 Å². The van der Waals surface area contributed by atoms with E-state index in [4.69, 9.17) is 0 Å². The number of carbonyl (C=O) groups is 1. The minimum Gasteiger partial charge on any atom is -0.288 e. The van der Waals surface area contributed by atoms with Crippen molar-refractivity contribution in [3.05, 3.63) is 66.5 Å². The molecule has 0 fully saturated rings. The van der Waals surface area contributed by atoms with Crippen molar-refractivity contribution in [1.29, 1.82) is 0 Å². The summed E-state index contributed by atoms with van der Waals surface area (Å²) in [6, 6.07) is 6.67. The first-order valence-corrected chi connectivity index (χ1v) is 7.41. The van der Waals surface area contributed by atoms with Gasteiger partial charge in [0, 0.05) is 14.5 Å². The minimum atomic E-state index is -0.769. The first-order chi connectivity index (χ1) is 8.88. The zero-order valence-corrected chi connectivity index (χ0v) is 13.9. The summed E-state index contributed by atoms with van der Waals surface area (Å²) >= 11 is 9.35. The van der Waals surface area contributed by atoms with E-state index >= 15 is 0 Å². The Morgan fingerprint density at radius 1 is 0.842 bits per heavy atom. The van der Waals surface area contributed by atoms with Crippen molar-refractivity contribution in [3.8, 4) is 0 Å². The lowest BCUT2D eigenvalue weighted by atomic mass is 10.0.